The highest BCUT2D eigenvalue weighted by Crippen LogP contribution is 2.05. The number of morpholine rings is 1. The molecular weight excluding hydrogens is 274 g/mol. The molecule has 3 N–H and O–H groups in total. The summed E-state index contributed by atoms with van der Waals surface area (Å²) in [6.45, 7) is 2.99. The fourth-order valence-electron chi connectivity index (χ4n) is 2.08. The molecule has 6 heteroatoms. The second-order valence-electron chi connectivity index (χ2n) is 4.91. The summed E-state index contributed by atoms with van der Waals surface area (Å²) in [6.07, 6.45) is 0.0496. The summed E-state index contributed by atoms with van der Waals surface area (Å²) in [5, 5.41) is 2.88. The third-order valence-electron chi connectivity index (χ3n) is 3.26. The van der Waals surface area contributed by atoms with Gasteiger partial charge in [-0.2, -0.15) is 0 Å². The van der Waals surface area contributed by atoms with Gasteiger partial charge >= 0.3 is 0 Å². The molecule has 0 bridgehead atoms. The zero-order valence-electron chi connectivity index (χ0n) is 11.5. The molecule has 1 unspecified atom stereocenters. The molecule has 1 fully saturated rings. The molecule has 0 spiro atoms. The smallest absolute Gasteiger partial charge is 0.251 e. The Morgan fingerprint density at radius 2 is 2.10 bits per heavy atom. The number of hydrogen-bond donors (Lipinski definition) is 2. The van der Waals surface area contributed by atoms with Gasteiger partial charge in [-0.25, -0.2) is 0 Å². The van der Waals surface area contributed by atoms with Crippen molar-refractivity contribution in [3.63, 3.8) is 0 Å². The van der Waals surface area contributed by atoms with Gasteiger partial charge in [0, 0.05) is 30.8 Å². The number of thiocarbonyl (C=S) groups is 1. The van der Waals surface area contributed by atoms with E-state index in [-0.39, 0.29) is 12.0 Å². The summed E-state index contributed by atoms with van der Waals surface area (Å²) in [4.78, 5) is 14.5. The van der Waals surface area contributed by atoms with Gasteiger partial charge in [0.05, 0.1) is 12.7 Å². The minimum absolute atomic E-state index is 0.0496. The van der Waals surface area contributed by atoms with Crippen molar-refractivity contribution in [1.82, 2.24) is 10.2 Å². The lowest BCUT2D eigenvalue weighted by atomic mass is 10.1. The van der Waals surface area contributed by atoms with Gasteiger partial charge < -0.3 is 20.7 Å². The molecule has 0 saturated carbocycles. The third-order valence-corrected chi connectivity index (χ3v) is 3.50. The monoisotopic (exact) mass is 293 g/mol. The Labute approximate surface area is 124 Å². The van der Waals surface area contributed by atoms with E-state index < -0.39 is 0 Å². The molecule has 1 aromatic carbocycles. The molecule has 20 heavy (non-hydrogen) atoms. The van der Waals surface area contributed by atoms with Crippen LogP contribution in [0, 0.1) is 0 Å². The number of amides is 1. The van der Waals surface area contributed by atoms with Crippen LogP contribution in [-0.4, -0.2) is 55.2 Å². The lowest BCUT2D eigenvalue weighted by Gasteiger charge is -2.30. The number of hydrogen-bond acceptors (Lipinski definition) is 4. The van der Waals surface area contributed by atoms with Crippen molar-refractivity contribution in [2.24, 2.45) is 5.73 Å². The van der Waals surface area contributed by atoms with E-state index >= 15 is 0 Å². The van der Waals surface area contributed by atoms with Crippen LogP contribution in [0.1, 0.15) is 15.9 Å². The fourth-order valence-corrected chi connectivity index (χ4v) is 2.22. The summed E-state index contributed by atoms with van der Waals surface area (Å²) < 4.78 is 5.60. The van der Waals surface area contributed by atoms with Gasteiger partial charge in [-0.05, 0) is 19.2 Å². The van der Waals surface area contributed by atoms with Crippen molar-refractivity contribution in [1.29, 1.82) is 0 Å². The number of rotatable bonds is 4. The van der Waals surface area contributed by atoms with E-state index in [1.54, 1.807) is 24.3 Å². The SMILES string of the molecule is CN1CCOC(CNC(=O)c2ccc(C(N)=S)cc2)C1. The normalized spacial score (nSPS) is 19.6. The van der Waals surface area contributed by atoms with E-state index in [0.29, 0.717) is 23.7 Å². The van der Waals surface area contributed by atoms with Crippen molar-refractivity contribution in [2.75, 3.05) is 33.3 Å². The molecule has 1 heterocycles. The predicted molar refractivity (Wildman–Crippen MR) is 81.9 cm³/mol. The number of nitrogens with one attached hydrogen (secondary N) is 1. The van der Waals surface area contributed by atoms with Crippen LogP contribution in [-0.2, 0) is 4.74 Å². The highest BCUT2D eigenvalue weighted by atomic mass is 32.1. The number of nitrogens with two attached hydrogens (primary N) is 1. The van der Waals surface area contributed by atoms with Crippen LogP contribution in [0.25, 0.3) is 0 Å². The Bertz CT molecular complexity index is 490. The zero-order valence-corrected chi connectivity index (χ0v) is 12.3. The van der Waals surface area contributed by atoms with Crippen molar-refractivity contribution in [3.8, 4) is 0 Å². The van der Waals surface area contributed by atoms with E-state index in [1.807, 2.05) is 7.05 Å². The summed E-state index contributed by atoms with van der Waals surface area (Å²) in [7, 11) is 2.05. The Morgan fingerprint density at radius 3 is 2.70 bits per heavy atom. The van der Waals surface area contributed by atoms with Crippen LogP contribution in [0.15, 0.2) is 24.3 Å². The molecule has 1 saturated heterocycles. The fraction of sp³-hybridized carbons (Fsp3) is 0.429. The molecule has 1 aliphatic rings. The minimum atomic E-state index is -0.115. The Morgan fingerprint density at radius 1 is 1.45 bits per heavy atom. The summed E-state index contributed by atoms with van der Waals surface area (Å²) in [6, 6.07) is 6.94. The van der Waals surface area contributed by atoms with Crippen LogP contribution in [0.4, 0.5) is 0 Å². The number of likely N-dealkylation sites (N-methyl/N-ethyl adjacent to an activating group) is 1. The molecular formula is C14H19N3O2S. The molecule has 5 nitrogen and oxygen atoms in total. The topological polar surface area (TPSA) is 67.6 Å². The lowest BCUT2D eigenvalue weighted by molar-refractivity contribution is -0.0175. The van der Waals surface area contributed by atoms with Gasteiger partial charge in [0.15, 0.2) is 0 Å². The molecule has 2 rings (SSSR count). The quantitative estimate of drug-likeness (QED) is 0.786. The van der Waals surface area contributed by atoms with Gasteiger partial charge in [0.1, 0.15) is 4.99 Å². The van der Waals surface area contributed by atoms with Crippen LogP contribution >= 0.6 is 12.2 Å². The zero-order chi connectivity index (χ0) is 14.5. The summed E-state index contributed by atoms with van der Waals surface area (Å²) in [5.74, 6) is -0.115. The summed E-state index contributed by atoms with van der Waals surface area (Å²) >= 11 is 4.87. The Kier molecular flexibility index (Phi) is 5.05. The van der Waals surface area contributed by atoms with Crippen LogP contribution in [0.3, 0.4) is 0 Å². The molecule has 1 atom stereocenters. The molecule has 1 aromatic rings. The van der Waals surface area contributed by atoms with Crippen LogP contribution in [0.5, 0.6) is 0 Å². The van der Waals surface area contributed by atoms with Crippen molar-refractivity contribution in [2.45, 2.75) is 6.10 Å². The molecule has 1 aliphatic heterocycles. The van der Waals surface area contributed by atoms with Crippen molar-refractivity contribution < 1.29 is 9.53 Å². The van der Waals surface area contributed by atoms with E-state index in [9.17, 15) is 4.79 Å². The molecule has 1 amide bonds. The second-order valence-corrected chi connectivity index (χ2v) is 5.35. The number of ether oxygens (including phenoxy) is 1. The van der Waals surface area contributed by atoms with Gasteiger partial charge in [-0.15, -0.1) is 0 Å². The first-order valence-corrected chi connectivity index (χ1v) is 6.95. The maximum Gasteiger partial charge on any atom is 0.251 e. The highest BCUT2D eigenvalue weighted by molar-refractivity contribution is 7.80. The molecule has 0 aliphatic carbocycles. The van der Waals surface area contributed by atoms with Crippen LogP contribution in [0.2, 0.25) is 0 Å². The number of benzene rings is 1. The second kappa shape index (κ2) is 6.78. The standard InChI is InChI=1S/C14H19N3O2S/c1-17-6-7-19-12(9-17)8-16-14(18)11-4-2-10(3-5-11)13(15)20/h2-5,12H,6-9H2,1H3,(H2,15,20)(H,16,18). The maximum atomic E-state index is 12.0. The number of carbonyl (C=O) groups is 1. The first-order valence-electron chi connectivity index (χ1n) is 6.54. The average Bonchev–Trinajstić information content (AvgIpc) is 2.45. The van der Waals surface area contributed by atoms with E-state index in [0.717, 1.165) is 18.7 Å². The number of nitrogens with zero attached hydrogens (tertiary/aromatic N) is 1. The van der Waals surface area contributed by atoms with Gasteiger partial charge in [0.25, 0.3) is 5.91 Å². The van der Waals surface area contributed by atoms with Crippen LogP contribution < -0.4 is 11.1 Å². The molecule has 0 aromatic heterocycles. The molecule has 108 valence electrons. The first-order chi connectivity index (χ1) is 9.56. The van der Waals surface area contributed by atoms with E-state index in [1.165, 1.54) is 0 Å². The van der Waals surface area contributed by atoms with Gasteiger partial charge in [0.2, 0.25) is 0 Å². The lowest BCUT2D eigenvalue weighted by Crippen LogP contribution is -2.45. The van der Waals surface area contributed by atoms with E-state index in [4.69, 9.17) is 22.7 Å². The number of carbonyl (C=O) groups excluding carboxylic acids is 1. The summed E-state index contributed by atoms with van der Waals surface area (Å²) in [5.41, 5.74) is 6.87. The third kappa shape index (κ3) is 4.00. The highest BCUT2D eigenvalue weighted by Gasteiger charge is 2.18. The average molecular weight is 293 g/mol. The predicted octanol–water partition coefficient (Wildman–Crippen LogP) is 0.381. The Balaban J connectivity index is 1.86. The molecule has 0 radical (unpaired) electrons. The minimum Gasteiger partial charge on any atom is -0.389 e. The van der Waals surface area contributed by atoms with Crippen molar-refractivity contribution in [3.05, 3.63) is 35.4 Å². The largest absolute Gasteiger partial charge is 0.389 e. The maximum absolute atomic E-state index is 12.0. The van der Waals surface area contributed by atoms with Gasteiger partial charge in [-0.3, -0.25) is 4.79 Å². The van der Waals surface area contributed by atoms with E-state index in [2.05, 4.69) is 10.2 Å². The van der Waals surface area contributed by atoms with Crippen molar-refractivity contribution >= 4 is 23.1 Å². The van der Waals surface area contributed by atoms with Gasteiger partial charge in [-0.1, -0.05) is 24.4 Å². The Hall–Kier alpha value is -1.50. The first kappa shape index (κ1) is 14.9.